The predicted octanol–water partition coefficient (Wildman–Crippen LogP) is 3.57. The van der Waals surface area contributed by atoms with E-state index in [4.69, 9.17) is 42.1 Å². The SMILES string of the molecule is CCOCCOC(=O)OC1=C(c2ccc(Cl)cc2Cl)C(=O)NC12CCCOC2. The molecule has 1 aromatic carbocycles. The zero-order chi connectivity index (χ0) is 20.1. The molecule has 7 nitrogen and oxygen atoms in total. The van der Waals surface area contributed by atoms with Crippen LogP contribution < -0.4 is 5.32 Å². The minimum Gasteiger partial charge on any atom is -0.432 e. The molecule has 152 valence electrons. The average molecular weight is 430 g/mol. The van der Waals surface area contributed by atoms with Crippen LogP contribution in [0.15, 0.2) is 24.0 Å². The van der Waals surface area contributed by atoms with E-state index in [9.17, 15) is 9.59 Å². The monoisotopic (exact) mass is 429 g/mol. The number of carbonyl (C=O) groups is 2. The van der Waals surface area contributed by atoms with Crippen molar-refractivity contribution >= 4 is 40.8 Å². The second-order valence-corrected chi connectivity index (χ2v) is 7.26. The lowest BCUT2D eigenvalue weighted by Gasteiger charge is -2.34. The first-order valence-corrected chi connectivity index (χ1v) is 9.75. The number of nitrogens with one attached hydrogen (secondary N) is 1. The molecule has 1 spiro atoms. The lowest BCUT2D eigenvalue weighted by atomic mass is 9.90. The molecule has 1 saturated heterocycles. The number of hydrogen-bond donors (Lipinski definition) is 1. The van der Waals surface area contributed by atoms with Crippen LogP contribution in [0.1, 0.15) is 25.3 Å². The number of rotatable bonds is 6. The molecule has 1 atom stereocenters. The highest BCUT2D eigenvalue weighted by Crippen LogP contribution is 2.41. The minimum absolute atomic E-state index is 0.0435. The van der Waals surface area contributed by atoms with E-state index in [-0.39, 0.29) is 36.2 Å². The third kappa shape index (κ3) is 4.43. The summed E-state index contributed by atoms with van der Waals surface area (Å²) >= 11 is 12.3. The van der Waals surface area contributed by atoms with Crippen LogP contribution in [0.5, 0.6) is 0 Å². The zero-order valence-electron chi connectivity index (χ0n) is 15.4. The number of hydrogen-bond acceptors (Lipinski definition) is 6. The van der Waals surface area contributed by atoms with Crippen molar-refractivity contribution in [1.29, 1.82) is 0 Å². The second-order valence-electron chi connectivity index (χ2n) is 6.42. The molecule has 1 unspecified atom stereocenters. The van der Waals surface area contributed by atoms with Gasteiger partial charge in [-0.1, -0.05) is 29.3 Å². The Hall–Kier alpha value is -1.80. The van der Waals surface area contributed by atoms with Gasteiger partial charge in [0.05, 0.1) is 23.8 Å². The topological polar surface area (TPSA) is 83.1 Å². The number of carbonyl (C=O) groups excluding carboxylic acids is 2. The Morgan fingerprint density at radius 3 is 2.82 bits per heavy atom. The molecule has 0 saturated carbocycles. The Morgan fingerprint density at radius 1 is 1.32 bits per heavy atom. The number of amides is 1. The van der Waals surface area contributed by atoms with Crippen LogP contribution >= 0.6 is 23.2 Å². The molecule has 0 aromatic heterocycles. The van der Waals surface area contributed by atoms with E-state index >= 15 is 0 Å². The number of ether oxygens (including phenoxy) is 4. The summed E-state index contributed by atoms with van der Waals surface area (Å²) in [4.78, 5) is 25.1. The molecular formula is C19H21Cl2NO6. The second kappa shape index (κ2) is 9.13. The molecule has 0 bridgehead atoms. The maximum absolute atomic E-state index is 12.8. The van der Waals surface area contributed by atoms with Crippen molar-refractivity contribution in [3.05, 3.63) is 39.6 Å². The van der Waals surface area contributed by atoms with E-state index in [2.05, 4.69) is 5.32 Å². The molecule has 2 aliphatic rings. The van der Waals surface area contributed by atoms with Crippen LogP contribution in [0.3, 0.4) is 0 Å². The van der Waals surface area contributed by atoms with Crippen LogP contribution in [0.2, 0.25) is 10.0 Å². The summed E-state index contributed by atoms with van der Waals surface area (Å²) in [7, 11) is 0. The van der Waals surface area contributed by atoms with E-state index in [0.717, 1.165) is 0 Å². The van der Waals surface area contributed by atoms with Crippen molar-refractivity contribution in [1.82, 2.24) is 5.32 Å². The molecule has 2 aliphatic heterocycles. The third-order valence-electron chi connectivity index (χ3n) is 4.52. The van der Waals surface area contributed by atoms with Gasteiger partial charge in [0.1, 0.15) is 12.1 Å². The molecule has 2 heterocycles. The Morgan fingerprint density at radius 2 is 2.14 bits per heavy atom. The Labute approximate surface area is 172 Å². The largest absolute Gasteiger partial charge is 0.513 e. The van der Waals surface area contributed by atoms with Gasteiger partial charge in [-0.15, -0.1) is 0 Å². The van der Waals surface area contributed by atoms with E-state index in [1.165, 1.54) is 6.07 Å². The normalized spacial score (nSPS) is 21.8. The van der Waals surface area contributed by atoms with Crippen LogP contribution in [0.4, 0.5) is 4.79 Å². The smallest absolute Gasteiger partial charge is 0.432 e. The van der Waals surface area contributed by atoms with Crippen LogP contribution in [0.25, 0.3) is 5.57 Å². The molecule has 1 N–H and O–H groups in total. The zero-order valence-corrected chi connectivity index (χ0v) is 16.9. The van der Waals surface area contributed by atoms with Crippen LogP contribution in [0, 0.1) is 0 Å². The van der Waals surface area contributed by atoms with Crippen molar-refractivity contribution in [2.24, 2.45) is 0 Å². The van der Waals surface area contributed by atoms with Gasteiger partial charge < -0.3 is 24.3 Å². The van der Waals surface area contributed by atoms with Gasteiger partial charge in [0, 0.05) is 23.8 Å². The van der Waals surface area contributed by atoms with Gasteiger partial charge in [-0.2, -0.15) is 0 Å². The van der Waals surface area contributed by atoms with Crippen molar-refractivity contribution in [3.63, 3.8) is 0 Å². The summed E-state index contributed by atoms with van der Waals surface area (Å²) in [5.41, 5.74) is -0.343. The minimum atomic E-state index is -0.938. The molecule has 28 heavy (non-hydrogen) atoms. The van der Waals surface area contributed by atoms with Gasteiger partial charge in [-0.05, 0) is 31.9 Å². The van der Waals surface area contributed by atoms with Gasteiger partial charge in [0.25, 0.3) is 5.91 Å². The number of halogens is 2. The first-order valence-electron chi connectivity index (χ1n) is 8.99. The maximum Gasteiger partial charge on any atom is 0.513 e. The lowest BCUT2D eigenvalue weighted by Crippen LogP contribution is -2.51. The Kier molecular flexibility index (Phi) is 6.82. The van der Waals surface area contributed by atoms with Gasteiger partial charge in [0.2, 0.25) is 0 Å². The standard InChI is InChI=1S/C19H21Cl2NO6/c1-2-25-8-9-27-18(24)28-16-15(13-5-4-12(20)10-14(13)21)17(23)22-19(16)6-3-7-26-11-19/h4-5,10H,2-3,6-9,11H2,1H3,(H,22,23). The van der Waals surface area contributed by atoms with Crippen LogP contribution in [-0.2, 0) is 23.7 Å². The summed E-state index contributed by atoms with van der Waals surface area (Å²) in [6.07, 6.45) is 0.349. The van der Waals surface area contributed by atoms with Crippen LogP contribution in [-0.4, -0.2) is 50.6 Å². The fourth-order valence-corrected chi connectivity index (χ4v) is 3.78. The van der Waals surface area contributed by atoms with Crippen molar-refractivity contribution in [2.75, 3.05) is 33.0 Å². The highest BCUT2D eigenvalue weighted by atomic mass is 35.5. The summed E-state index contributed by atoms with van der Waals surface area (Å²) in [6, 6.07) is 4.76. The summed E-state index contributed by atoms with van der Waals surface area (Å²) in [6.45, 7) is 3.42. The maximum atomic E-state index is 12.8. The first-order chi connectivity index (χ1) is 13.5. The predicted molar refractivity (Wildman–Crippen MR) is 103 cm³/mol. The molecule has 1 aromatic rings. The summed E-state index contributed by atoms with van der Waals surface area (Å²) in [5, 5.41) is 3.61. The highest BCUT2D eigenvalue weighted by Gasteiger charge is 2.50. The summed E-state index contributed by atoms with van der Waals surface area (Å²) in [5.74, 6) is -0.241. The number of benzene rings is 1. The Bertz CT molecular complexity index is 789. The Balaban J connectivity index is 1.94. The fourth-order valence-electron chi connectivity index (χ4n) is 3.28. The molecule has 1 amide bonds. The molecular weight excluding hydrogens is 409 g/mol. The van der Waals surface area contributed by atoms with E-state index < -0.39 is 17.6 Å². The van der Waals surface area contributed by atoms with E-state index in [1.54, 1.807) is 12.1 Å². The fraction of sp³-hybridized carbons (Fsp3) is 0.474. The van der Waals surface area contributed by atoms with Gasteiger partial charge >= 0.3 is 6.16 Å². The molecule has 3 rings (SSSR count). The average Bonchev–Trinajstić information content (AvgIpc) is 2.90. The van der Waals surface area contributed by atoms with E-state index in [0.29, 0.717) is 36.6 Å². The van der Waals surface area contributed by atoms with Crippen molar-refractivity contribution in [3.8, 4) is 0 Å². The molecule has 1 fully saturated rings. The highest BCUT2D eigenvalue weighted by molar-refractivity contribution is 6.38. The van der Waals surface area contributed by atoms with Gasteiger partial charge in [-0.25, -0.2) is 4.79 Å². The third-order valence-corrected chi connectivity index (χ3v) is 5.07. The van der Waals surface area contributed by atoms with Crippen molar-refractivity contribution in [2.45, 2.75) is 25.3 Å². The van der Waals surface area contributed by atoms with Gasteiger partial charge in [-0.3, -0.25) is 4.79 Å². The van der Waals surface area contributed by atoms with Gasteiger partial charge in [0.15, 0.2) is 5.76 Å². The lowest BCUT2D eigenvalue weighted by molar-refractivity contribution is -0.117. The quantitative estimate of drug-likeness (QED) is 0.549. The molecule has 0 aliphatic carbocycles. The van der Waals surface area contributed by atoms with Crippen molar-refractivity contribution < 1.29 is 28.5 Å². The summed E-state index contributed by atoms with van der Waals surface area (Å²) < 4.78 is 21.3. The molecule has 0 radical (unpaired) electrons. The van der Waals surface area contributed by atoms with E-state index in [1.807, 2.05) is 6.92 Å². The first kappa shape index (κ1) is 20.9. The molecule has 9 heteroatoms.